The molecule has 0 saturated heterocycles. The third-order valence-electron chi connectivity index (χ3n) is 3.59. The van der Waals surface area contributed by atoms with Crippen molar-refractivity contribution in [3.8, 4) is 0 Å². The molecule has 0 bridgehead atoms. The van der Waals surface area contributed by atoms with Crippen molar-refractivity contribution in [1.82, 2.24) is 16.2 Å². The maximum Gasteiger partial charge on any atom is 0.269 e. The Morgan fingerprint density at radius 2 is 1.72 bits per heavy atom. The number of hydrogen-bond acceptors (Lipinski definition) is 4. The molecule has 0 aliphatic rings. The first-order valence-electron chi connectivity index (χ1n) is 8.08. The molecule has 3 amide bonds. The predicted molar refractivity (Wildman–Crippen MR) is 97.3 cm³/mol. The number of rotatable bonds is 7. The zero-order chi connectivity index (χ0) is 18.1. The number of carbonyl (C=O) groups is 3. The Bertz CT molecular complexity index is 712. The minimum atomic E-state index is -0.359. The third-order valence-corrected chi connectivity index (χ3v) is 4.27. The Labute approximate surface area is 150 Å². The quantitative estimate of drug-likeness (QED) is 0.523. The second kappa shape index (κ2) is 9.58. The van der Waals surface area contributed by atoms with Gasteiger partial charge in [-0.2, -0.15) is 11.3 Å². The fraction of sp³-hybridized carbons (Fsp3) is 0.278. The zero-order valence-electron chi connectivity index (χ0n) is 14.0. The van der Waals surface area contributed by atoms with E-state index < -0.39 is 0 Å². The number of thiophene rings is 1. The molecule has 0 saturated carbocycles. The van der Waals surface area contributed by atoms with Crippen molar-refractivity contribution in [3.05, 3.63) is 57.8 Å². The number of amides is 3. The number of nitrogens with one attached hydrogen (secondary N) is 3. The molecule has 2 aromatic rings. The molecule has 25 heavy (non-hydrogen) atoms. The van der Waals surface area contributed by atoms with E-state index in [1.165, 1.54) is 11.3 Å². The molecule has 7 heteroatoms. The van der Waals surface area contributed by atoms with Crippen LogP contribution >= 0.6 is 11.3 Å². The second-order valence-corrected chi connectivity index (χ2v) is 6.20. The van der Waals surface area contributed by atoms with Gasteiger partial charge in [-0.05, 0) is 42.0 Å². The van der Waals surface area contributed by atoms with Gasteiger partial charge in [0.05, 0.1) is 0 Å². The molecule has 0 unspecified atom stereocenters. The average molecular weight is 359 g/mol. The fourth-order valence-electron chi connectivity index (χ4n) is 2.10. The van der Waals surface area contributed by atoms with Crippen LogP contribution in [0, 0.1) is 0 Å². The first kappa shape index (κ1) is 18.7. The Kier molecular flexibility index (Phi) is 7.16. The van der Waals surface area contributed by atoms with Crippen LogP contribution in [-0.2, 0) is 11.2 Å². The van der Waals surface area contributed by atoms with Crippen molar-refractivity contribution >= 4 is 29.1 Å². The predicted octanol–water partition coefficient (Wildman–Crippen LogP) is 2.28. The highest BCUT2D eigenvalue weighted by Gasteiger charge is 2.08. The minimum Gasteiger partial charge on any atom is -0.352 e. The van der Waals surface area contributed by atoms with E-state index in [-0.39, 0.29) is 24.1 Å². The standard InChI is InChI=1S/C18H21N3O3S/c1-2-13-5-7-14(8-6-13)18(24)21-20-16(22)4-3-10-19-17(23)15-9-11-25-12-15/h5-9,11-12H,2-4,10H2,1H3,(H,19,23)(H,20,22)(H,21,24). The number of hydrogen-bond donors (Lipinski definition) is 3. The van der Waals surface area contributed by atoms with Crippen molar-refractivity contribution in [2.45, 2.75) is 26.2 Å². The van der Waals surface area contributed by atoms with Gasteiger partial charge in [0, 0.05) is 29.5 Å². The van der Waals surface area contributed by atoms with Gasteiger partial charge in [0.15, 0.2) is 0 Å². The van der Waals surface area contributed by atoms with Crippen LogP contribution in [0.3, 0.4) is 0 Å². The van der Waals surface area contributed by atoms with E-state index in [9.17, 15) is 14.4 Å². The van der Waals surface area contributed by atoms with Gasteiger partial charge in [0.2, 0.25) is 5.91 Å². The van der Waals surface area contributed by atoms with Crippen molar-refractivity contribution in [2.75, 3.05) is 6.54 Å². The minimum absolute atomic E-state index is 0.148. The summed E-state index contributed by atoms with van der Waals surface area (Å²) < 4.78 is 0. The van der Waals surface area contributed by atoms with E-state index in [2.05, 4.69) is 16.2 Å². The first-order valence-corrected chi connectivity index (χ1v) is 9.03. The summed E-state index contributed by atoms with van der Waals surface area (Å²) in [6, 6.07) is 8.95. The van der Waals surface area contributed by atoms with E-state index >= 15 is 0 Å². The van der Waals surface area contributed by atoms with Crippen LogP contribution in [0.4, 0.5) is 0 Å². The van der Waals surface area contributed by atoms with Gasteiger partial charge in [-0.25, -0.2) is 0 Å². The van der Waals surface area contributed by atoms with E-state index in [1.54, 1.807) is 23.6 Å². The van der Waals surface area contributed by atoms with E-state index in [0.717, 1.165) is 12.0 Å². The number of benzene rings is 1. The molecule has 0 radical (unpaired) electrons. The van der Waals surface area contributed by atoms with Gasteiger partial charge in [-0.15, -0.1) is 0 Å². The van der Waals surface area contributed by atoms with Crippen LogP contribution in [-0.4, -0.2) is 24.3 Å². The fourth-order valence-corrected chi connectivity index (χ4v) is 2.74. The van der Waals surface area contributed by atoms with E-state index in [0.29, 0.717) is 24.1 Å². The Morgan fingerprint density at radius 1 is 0.960 bits per heavy atom. The van der Waals surface area contributed by atoms with Gasteiger partial charge in [-0.1, -0.05) is 19.1 Å². The molecule has 1 aromatic heterocycles. The molecule has 0 fully saturated rings. The highest BCUT2D eigenvalue weighted by atomic mass is 32.1. The van der Waals surface area contributed by atoms with Gasteiger partial charge in [0.1, 0.15) is 0 Å². The zero-order valence-corrected chi connectivity index (χ0v) is 14.8. The SMILES string of the molecule is CCc1ccc(C(=O)NNC(=O)CCCNC(=O)c2ccsc2)cc1. The summed E-state index contributed by atoms with van der Waals surface area (Å²) in [5.41, 5.74) is 7.01. The van der Waals surface area contributed by atoms with Gasteiger partial charge in [-0.3, -0.25) is 25.2 Å². The summed E-state index contributed by atoms with van der Waals surface area (Å²) in [4.78, 5) is 35.3. The van der Waals surface area contributed by atoms with Gasteiger partial charge < -0.3 is 5.32 Å². The lowest BCUT2D eigenvalue weighted by molar-refractivity contribution is -0.121. The Morgan fingerprint density at radius 3 is 2.36 bits per heavy atom. The van der Waals surface area contributed by atoms with Gasteiger partial charge >= 0.3 is 0 Å². The summed E-state index contributed by atoms with van der Waals surface area (Å²) in [5, 5.41) is 6.34. The van der Waals surface area contributed by atoms with Crippen LogP contribution in [0.2, 0.25) is 0 Å². The van der Waals surface area contributed by atoms with Crippen LogP contribution in [0.25, 0.3) is 0 Å². The van der Waals surface area contributed by atoms with Crippen molar-refractivity contribution in [2.24, 2.45) is 0 Å². The summed E-state index contributed by atoms with van der Waals surface area (Å²) in [6.07, 6.45) is 1.60. The highest BCUT2D eigenvalue weighted by molar-refractivity contribution is 7.08. The first-order chi connectivity index (χ1) is 12.1. The average Bonchev–Trinajstić information content (AvgIpc) is 3.18. The Balaban J connectivity index is 1.63. The number of carbonyl (C=O) groups excluding carboxylic acids is 3. The topological polar surface area (TPSA) is 87.3 Å². The molecular formula is C18H21N3O3S. The van der Waals surface area contributed by atoms with Crippen molar-refractivity contribution in [1.29, 1.82) is 0 Å². The summed E-state index contributed by atoms with van der Waals surface area (Å²) in [6.45, 7) is 2.44. The van der Waals surface area contributed by atoms with E-state index in [4.69, 9.17) is 0 Å². The molecule has 0 aliphatic heterocycles. The molecule has 0 aliphatic carbocycles. The lowest BCUT2D eigenvalue weighted by Crippen LogP contribution is -2.41. The largest absolute Gasteiger partial charge is 0.352 e. The maximum absolute atomic E-state index is 11.9. The smallest absolute Gasteiger partial charge is 0.269 e. The second-order valence-electron chi connectivity index (χ2n) is 5.42. The maximum atomic E-state index is 11.9. The Hall–Kier alpha value is -2.67. The lowest BCUT2D eigenvalue weighted by atomic mass is 10.1. The summed E-state index contributed by atoms with van der Waals surface area (Å²) in [7, 11) is 0. The summed E-state index contributed by atoms with van der Waals surface area (Å²) in [5.74, 6) is -0.810. The molecule has 1 heterocycles. The molecule has 0 atom stereocenters. The molecule has 1 aromatic carbocycles. The normalized spacial score (nSPS) is 10.1. The molecule has 0 spiro atoms. The number of hydrazine groups is 1. The van der Waals surface area contributed by atoms with Crippen molar-refractivity contribution in [3.63, 3.8) is 0 Å². The van der Waals surface area contributed by atoms with E-state index in [1.807, 2.05) is 24.4 Å². The monoisotopic (exact) mass is 359 g/mol. The molecule has 2 rings (SSSR count). The van der Waals surface area contributed by atoms with Crippen LogP contribution in [0.5, 0.6) is 0 Å². The molecular weight excluding hydrogens is 338 g/mol. The summed E-state index contributed by atoms with van der Waals surface area (Å²) >= 11 is 1.46. The number of aryl methyl sites for hydroxylation is 1. The molecule has 6 nitrogen and oxygen atoms in total. The van der Waals surface area contributed by atoms with Crippen LogP contribution in [0.1, 0.15) is 46.0 Å². The highest BCUT2D eigenvalue weighted by Crippen LogP contribution is 2.05. The molecule has 3 N–H and O–H groups in total. The lowest BCUT2D eigenvalue weighted by Gasteiger charge is -2.08. The van der Waals surface area contributed by atoms with Crippen LogP contribution in [0.15, 0.2) is 41.1 Å². The van der Waals surface area contributed by atoms with Crippen molar-refractivity contribution < 1.29 is 14.4 Å². The molecule has 132 valence electrons. The van der Waals surface area contributed by atoms with Crippen LogP contribution < -0.4 is 16.2 Å². The third kappa shape index (κ3) is 6.04. The van der Waals surface area contributed by atoms with Gasteiger partial charge in [0.25, 0.3) is 11.8 Å².